The van der Waals surface area contributed by atoms with Crippen LogP contribution in [0.3, 0.4) is 0 Å². The second-order valence-corrected chi connectivity index (χ2v) is 7.15. The van der Waals surface area contributed by atoms with Gasteiger partial charge in [-0.2, -0.15) is 0 Å². The maximum atomic E-state index is 6.23. The summed E-state index contributed by atoms with van der Waals surface area (Å²) in [6.07, 6.45) is 4.13. The number of nitrogens with one attached hydrogen (secondary N) is 1. The maximum Gasteiger partial charge on any atom is 0.0723 e. The Bertz CT molecular complexity index is 427. The fourth-order valence-electron chi connectivity index (χ4n) is 3.65. The lowest BCUT2D eigenvalue weighted by molar-refractivity contribution is -0.0318. The Balaban J connectivity index is 1.95. The molecule has 0 heterocycles. The molecule has 2 heteroatoms. The summed E-state index contributed by atoms with van der Waals surface area (Å²) in [6, 6.07) is 8.57. The van der Waals surface area contributed by atoms with Crippen LogP contribution in [0.2, 0.25) is 0 Å². The topological polar surface area (TPSA) is 21.3 Å². The molecule has 0 spiro atoms. The van der Waals surface area contributed by atoms with Crippen molar-refractivity contribution in [1.29, 1.82) is 0 Å². The summed E-state index contributed by atoms with van der Waals surface area (Å²) in [5.74, 6) is 0.774. The molecule has 112 valence electrons. The first-order valence-corrected chi connectivity index (χ1v) is 7.83. The molecular weight excluding hydrogens is 246 g/mol. The Morgan fingerprint density at radius 3 is 2.55 bits per heavy atom. The molecule has 1 aliphatic rings. The molecule has 2 nitrogen and oxygen atoms in total. The highest BCUT2D eigenvalue weighted by Crippen LogP contribution is 2.39. The summed E-state index contributed by atoms with van der Waals surface area (Å²) in [6.45, 7) is 8.74. The van der Waals surface area contributed by atoms with Crippen LogP contribution in [-0.4, -0.2) is 13.2 Å². The van der Waals surface area contributed by atoms with Crippen LogP contribution in [0.15, 0.2) is 24.3 Å². The van der Waals surface area contributed by atoms with Gasteiger partial charge in [0.05, 0.1) is 12.7 Å². The van der Waals surface area contributed by atoms with Crippen LogP contribution in [0.25, 0.3) is 0 Å². The molecule has 1 N–H and O–H groups in total. The molecule has 2 unspecified atom stereocenters. The van der Waals surface area contributed by atoms with Crippen LogP contribution in [0.4, 0.5) is 0 Å². The molecule has 1 aliphatic carbocycles. The van der Waals surface area contributed by atoms with E-state index in [0.717, 1.165) is 19.1 Å². The van der Waals surface area contributed by atoms with Gasteiger partial charge in [-0.25, -0.2) is 0 Å². The fraction of sp³-hybridized carbons (Fsp3) is 0.667. The third kappa shape index (κ3) is 4.32. The lowest BCUT2D eigenvalue weighted by Crippen LogP contribution is -2.32. The SMILES string of the molecule is CNCc1ccccc1COC1CC(C)CC(C)(C)C1. The van der Waals surface area contributed by atoms with Crippen molar-refractivity contribution in [2.45, 2.75) is 59.3 Å². The molecule has 20 heavy (non-hydrogen) atoms. The summed E-state index contributed by atoms with van der Waals surface area (Å²) < 4.78 is 6.23. The van der Waals surface area contributed by atoms with E-state index >= 15 is 0 Å². The summed E-state index contributed by atoms with van der Waals surface area (Å²) in [7, 11) is 1.99. The molecule has 0 saturated heterocycles. The van der Waals surface area contributed by atoms with Crippen molar-refractivity contribution in [3.8, 4) is 0 Å². The quantitative estimate of drug-likeness (QED) is 0.872. The van der Waals surface area contributed by atoms with Crippen molar-refractivity contribution in [2.24, 2.45) is 11.3 Å². The Hall–Kier alpha value is -0.860. The van der Waals surface area contributed by atoms with Crippen LogP contribution < -0.4 is 5.32 Å². The van der Waals surface area contributed by atoms with Gasteiger partial charge in [-0.1, -0.05) is 45.0 Å². The molecule has 1 fully saturated rings. The van der Waals surface area contributed by atoms with E-state index in [1.807, 2.05) is 7.05 Å². The van der Waals surface area contributed by atoms with Gasteiger partial charge in [0.1, 0.15) is 0 Å². The predicted molar refractivity (Wildman–Crippen MR) is 84.6 cm³/mol. The van der Waals surface area contributed by atoms with E-state index in [9.17, 15) is 0 Å². The summed E-state index contributed by atoms with van der Waals surface area (Å²) in [5.41, 5.74) is 3.09. The standard InChI is InChI=1S/C18H29NO/c1-14-9-17(11-18(2,3)10-14)20-13-16-8-6-5-7-15(16)12-19-4/h5-8,14,17,19H,9-13H2,1-4H3. The first-order valence-electron chi connectivity index (χ1n) is 7.83. The van der Waals surface area contributed by atoms with Crippen molar-refractivity contribution in [2.75, 3.05) is 7.05 Å². The summed E-state index contributed by atoms with van der Waals surface area (Å²) >= 11 is 0. The Morgan fingerprint density at radius 2 is 1.90 bits per heavy atom. The maximum absolute atomic E-state index is 6.23. The minimum Gasteiger partial charge on any atom is -0.374 e. The number of benzene rings is 1. The van der Waals surface area contributed by atoms with Gasteiger partial charge in [0.25, 0.3) is 0 Å². The third-order valence-electron chi connectivity index (χ3n) is 4.31. The van der Waals surface area contributed by atoms with Crippen LogP contribution in [0.5, 0.6) is 0 Å². The monoisotopic (exact) mass is 275 g/mol. The zero-order valence-corrected chi connectivity index (χ0v) is 13.4. The van der Waals surface area contributed by atoms with E-state index < -0.39 is 0 Å². The number of rotatable bonds is 5. The molecular formula is C18H29NO. The summed E-state index contributed by atoms with van der Waals surface area (Å²) in [5, 5.41) is 3.23. The second-order valence-electron chi connectivity index (χ2n) is 7.15. The first kappa shape index (κ1) is 15.5. The zero-order chi connectivity index (χ0) is 14.6. The van der Waals surface area contributed by atoms with Crippen molar-refractivity contribution >= 4 is 0 Å². The number of ether oxygens (including phenoxy) is 1. The van der Waals surface area contributed by atoms with Crippen molar-refractivity contribution < 1.29 is 4.74 Å². The van der Waals surface area contributed by atoms with Crippen molar-refractivity contribution in [1.82, 2.24) is 5.32 Å². The Kier molecular flexibility index (Phi) is 5.22. The molecule has 1 aromatic carbocycles. The normalized spacial score (nSPS) is 25.6. The average Bonchev–Trinajstić information content (AvgIpc) is 2.36. The summed E-state index contributed by atoms with van der Waals surface area (Å²) in [4.78, 5) is 0. The van der Waals surface area contributed by atoms with E-state index in [0.29, 0.717) is 11.5 Å². The molecule has 0 radical (unpaired) electrons. The smallest absolute Gasteiger partial charge is 0.0723 e. The van der Waals surface area contributed by atoms with Gasteiger partial charge < -0.3 is 10.1 Å². The van der Waals surface area contributed by atoms with Gasteiger partial charge in [-0.3, -0.25) is 0 Å². The van der Waals surface area contributed by atoms with E-state index in [1.54, 1.807) is 0 Å². The van der Waals surface area contributed by atoms with Crippen LogP contribution in [0, 0.1) is 11.3 Å². The van der Waals surface area contributed by atoms with Crippen LogP contribution in [0.1, 0.15) is 51.2 Å². The van der Waals surface area contributed by atoms with Gasteiger partial charge in [0.15, 0.2) is 0 Å². The van der Waals surface area contributed by atoms with Crippen molar-refractivity contribution in [3.63, 3.8) is 0 Å². The van der Waals surface area contributed by atoms with Gasteiger partial charge in [-0.05, 0) is 48.8 Å². The predicted octanol–water partition coefficient (Wildman–Crippen LogP) is 4.14. The molecule has 0 aromatic heterocycles. The minimum absolute atomic E-state index is 0.413. The third-order valence-corrected chi connectivity index (χ3v) is 4.31. The first-order chi connectivity index (χ1) is 9.50. The van der Waals surface area contributed by atoms with Gasteiger partial charge in [0.2, 0.25) is 0 Å². The Labute approximate surface area is 123 Å². The fourth-order valence-corrected chi connectivity index (χ4v) is 3.65. The molecule has 1 aromatic rings. The van der Waals surface area contributed by atoms with E-state index in [1.165, 1.54) is 30.4 Å². The highest BCUT2D eigenvalue weighted by Gasteiger charge is 2.32. The average molecular weight is 275 g/mol. The largest absolute Gasteiger partial charge is 0.374 e. The Morgan fingerprint density at radius 1 is 1.20 bits per heavy atom. The lowest BCUT2D eigenvalue weighted by atomic mass is 9.71. The second kappa shape index (κ2) is 6.73. The molecule has 1 saturated carbocycles. The van der Waals surface area contributed by atoms with Gasteiger partial charge in [-0.15, -0.1) is 0 Å². The van der Waals surface area contributed by atoms with E-state index in [2.05, 4.69) is 50.4 Å². The highest BCUT2D eigenvalue weighted by atomic mass is 16.5. The lowest BCUT2D eigenvalue weighted by Gasteiger charge is -2.38. The molecule has 2 atom stereocenters. The van der Waals surface area contributed by atoms with Gasteiger partial charge in [0, 0.05) is 6.54 Å². The van der Waals surface area contributed by atoms with Crippen LogP contribution in [-0.2, 0) is 17.9 Å². The molecule has 0 amide bonds. The van der Waals surface area contributed by atoms with E-state index in [4.69, 9.17) is 4.74 Å². The number of hydrogen-bond donors (Lipinski definition) is 1. The molecule has 2 rings (SSSR count). The molecule has 0 bridgehead atoms. The van der Waals surface area contributed by atoms with E-state index in [-0.39, 0.29) is 0 Å². The highest BCUT2D eigenvalue weighted by molar-refractivity contribution is 5.26. The van der Waals surface area contributed by atoms with Crippen LogP contribution >= 0.6 is 0 Å². The molecule has 0 aliphatic heterocycles. The number of hydrogen-bond acceptors (Lipinski definition) is 2. The van der Waals surface area contributed by atoms with Gasteiger partial charge >= 0.3 is 0 Å². The minimum atomic E-state index is 0.413. The zero-order valence-electron chi connectivity index (χ0n) is 13.4. The van der Waals surface area contributed by atoms with Crippen molar-refractivity contribution in [3.05, 3.63) is 35.4 Å².